The first-order valence-corrected chi connectivity index (χ1v) is 5.59. The van der Waals surface area contributed by atoms with Crippen molar-refractivity contribution < 1.29 is 5.11 Å². The van der Waals surface area contributed by atoms with Gasteiger partial charge >= 0.3 is 0 Å². The SMILES string of the molecule is CC(CO)CN(C)CC1CCN(C)C1. The van der Waals surface area contributed by atoms with E-state index in [4.69, 9.17) is 5.11 Å². The highest BCUT2D eigenvalue weighted by molar-refractivity contribution is 4.75. The molecule has 1 saturated heterocycles. The maximum atomic E-state index is 8.95. The number of aliphatic hydroxyl groups excluding tert-OH is 1. The van der Waals surface area contributed by atoms with Crippen molar-refractivity contribution in [1.82, 2.24) is 9.80 Å². The predicted molar refractivity (Wildman–Crippen MR) is 59.4 cm³/mol. The summed E-state index contributed by atoms with van der Waals surface area (Å²) in [5.41, 5.74) is 0. The summed E-state index contributed by atoms with van der Waals surface area (Å²) in [6.07, 6.45) is 1.33. The Morgan fingerprint density at radius 3 is 2.79 bits per heavy atom. The zero-order valence-corrected chi connectivity index (χ0v) is 9.74. The number of nitrogens with zero attached hydrogens (tertiary/aromatic N) is 2. The van der Waals surface area contributed by atoms with E-state index in [0.29, 0.717) is 12.5 Å². The molecule has 2 unspecified atom stereocenters. The zero-order valence-electron chi connectivity index (χ0n) is 9.74. The second-order valence-electron chi connectivity index (χ2n) is 4.93. The van der Waals surface area contributed by atoms with Crippen molar-refractivity contribution in [2.45, 2.75) is 13.3 Å². The molecule has 84 valence electrons. The normalized spacial score (nSPS) is 25.9. The van der Waals surface area contributed by atoms with E-state index >= 15 is 0 Å². The highest BCUT2D eigenvalue weighted by Crippen LogP contribution is 2.15. The third kappa shape index (κ3) is 3.95. The van der Waals surface area contributed by atoms with Gasteiger partial charge in [-0.15, -0.1) is 0 Å². The fraction of sp³-hybridized carbons (Fsp3) is 1.00. The van der Waals surface area contributed by atoms with Gasteiger partial charge in [-0.1, -0.05) is 6.92 Å². The van der Waals surface area contributed by atoms with Crippen LogP contribution in [-0.2, 0) is 0 Å². The van der Waals surface area contributed by atoms with Crippen LogP contribution in [0.3, 0.4) is 0 Å². The molecule has 1 aliphatic rings. The predicted octanol–water partition coefficient (Wildman–Crippen LogP) is 0.498. The maximum absolute atomic E-state index is 8.95. The fourth-order valence-corrected chi connectivity index (χ4v) is 2.28. The molecule has 0 aromatic carbocycles. The Balaban J connectivity index is 2.16. The van der Waals surface area contributed by atoms with Crippen molar-refractivity contribution in [3.63, 3.8) is 0 Å². The molecule has 0 amide bonds. The lowest BCUT2D eigenvalue weighted by atomic mass is 10.1. The van der Waals surface area contributed by atoms with E-state index in [9.17, 15) is 0 Å². The largest absolute Gasteiger partial charge is 0.396 e. The number of hydrogen-bond acceptors (Lipinski definition) is 3. The Hall–Kier alpha value is -0.120. The Morgan fingerprint density at radius 2 is 2.29 bits per heavy atom. The quantitative estimate of drug-likeness (QED) is 0.700. The van der Waals surface area contributed by atoms with Crippen LogP contribution in [0.15, 0.2) is 0 Å². The molecule has 0 aromatic heterocycles. The van der Waals surface area contributed by atoms with E-state index in [-0.39, 0.29) is 0 Å². The molecule has 2 atom stereocenters. The number of hydrogen-bond donors (Lipinski definition) is 1. The van der Waals surface area contributed by atoms with Gasteiger partial charge in [0.15, 0.2) is 0 Å². The third-order valence-corrected chi connectivity index (χ3v) is 2.99. The lowest BCUT2D eigenvalue weighted by molar-refractivity contribution is 0.178. The van der Waals surface area contributed by atoms with Crippen molar-refractivity contribution in [2.75, 3.05) is 46.9 Å². The van der Waals surface area contributed by atoms with Crippen LogP contribution >= 0.6 is 0 Å². The Morgan fingerprint density at radius 1 is 1.57 bits per heavy atom. The molecule has 0 bridgehead atoms. The summed E-state index contributed by atoms with van der Waals surface area (Å²) >= 11 is 0. The summed E-state index contributed by atoms with van der Waals surface area (Å²) < 4.78 is 0. The molecule has 0 spiro atoms. The summed E-state index contributed by atoms with van der Waals surface area (Å²) in [5.74, 6) is 1.23. The first-order valence-electron chi connectivity index (χ1n) is 5.59. The Labute approximate surface area is 87.7 Å². The van der Waals surface area contributed by atoms with Gasteiger partial charge in [0, 0.05) is 26.2 Å². The van der Waals surface area contributed by atoms with Crippen LogP contribution in [0, 0.1) is 11.8 Å². The second kappa shape index (κ2) is 5.69. The maximum Gasteiger partial charge on any atom is 0.0468 e. The molecule has 1 rings (SSSR count). The van der Waals surface area contributed by atoms with Crippen molar-refractivity contribution in [2.24, 2.45) is 11.8 Å². The van der Waals surface area contributed by atoms with Gasteiger partial charge in [-0.2, -0.15) is 0 Å². The molecule has 0 aliphatic carbocycles. The van der Waals surface area contributed by atoms with E-state index in [1.807, 2.05) is 0 Å². The summed E-state index contributed by atoms with van der Waals surface area (Å²) in [6.45, 7) is 7.06. The van der Waals surface area contributed by atoms with Crippen LogP contribution in [-0.4, -0.2) is 61.8 Å². The van der Waals surface area contributed by atoms with Crippen molar-refractivity contribution >= 4 is 0 Å². The van der Waals surface area contributed by atoms with Gasteiger partial charge in [0.1, 0.15) is 0 Å². The molecule has 0 saturated carbocycles. The topological polar surface area (TPSA) is 26.7 Å². The van der Waals surface area contributed by atoms with Gasteiger partial charge in [0.05, 0.1) is 0 Å². The van der Waals surface area contributed by atoms with E-state index in [1.54, 1.807) is 0 Å². The summed E-state index contributed by atoms with van der Waals surface area (Å²) in [4.78, 5) is 4.75. The fourth-order valence-electron chi connectivity index (χ4n) is 2.28. The molecule has 1 N–H and O–H groups in total. The smallest absolute Gasteiger partial charge is 0.0468 e. The lowest BCUT2D eigenvalue weighted by Crippen LogP contribution is -2.31. The minimum atomic E-state index is 0.301. The van der Waals surface area contributed by atoms with Gasteiger partial charge in [-0.3, -0.25) is 0 Å². The van der Waals surface area contributed by atoms with Gasteiger partial charge in [0.25, 0.3) is 0 Å². The van der Waals surface area contributed by atoms with Crippen LogP contribution in [0.4, 0.5) is 0 Å². The lowest BCUT2D eigenvalue weighted by Gasteiger charge is -2.23. The van der Waals surface area contributed by atoms with Crippen molar-refractivity contribution in [3.8, 4) is 0 Å². The first kappa shape index (κ1) is 12.0. The minimum absolute atomic E-state index is 0.301. The molecule has 1 aliphatic heterocycles. The van der Waals surface area contributed by atoms with Gasteiger partial charge in [-0.25, -0.2) is 0 Å². The van der Waals surface area contributed by atoms with Crippen LogP contribution in [0.2, 0.25) is 0 Å². The van der Waals surface area contributed by atoms with Crippen molar-refractivity contribution in [1.29, 1.82) is 0 Å². The van der Waals surface area contributed by atoms with Crippen molar-refractivity contribution in [3.05, 3.63) is 0 Å². The summed E-state index contributed by atoms with van der Waals surface area (Å²) in [7, 11) is 4.35. The number of likely N-dealkylation sites (tertiary alicyclic amines) is 1. The molecule has 14 heavy (non-hydrogen) atoms. The average molecular weight is 200 g/mol. The molecule has 0 radical (unpaired) electrons. The van der Waals surface area contributed by atoms with Crippen LogP contribution in [0.1, 0.15) is 13.3 Å². The summed E-state index contributed by atoms with van der Waals surface area (Å²) in [5, 5.41) is 8.95. The Bertz CT molecular complexity index is 163. The number of aliphatic hydroxyl groups is 1. The molecule has 3 nitrogen and oxygen atoms in total. The highest BCUT2D eigenvalue weighted by atomic mass is 16.3. The standard InChI is InChI=1S/C11H24N2O/c1-10(9-14)6-13(3)8-11-4-5-12(2)7-11/h10-11,14H,4-9H2,1-3H3. The van der Waals surface area contributed by atoms with Gasteiger partial charge < -0.3 is 14.9 Å². The van der Waals surface area contributed by atoms with E-state index < -0.39 is 0 Å². The van der Waals surface area contributed by atoms with E-state index in [0.717, 1.165) is 12.5 Å². The molecule has 0 aromatic rings. The number of rotatable bonds is 5. The highest BCUT2D eigenvalue weighted by Gasteiger charge is 2.20. The summed E-state index contributed by atoms with van der Waals surface area (Å²) in [6, 6.07) is 0. The molecular weight excluding hydrogens is 176 g/mol. The molecular formula is C11H24N2O. The van der Waals surface area contributed by atoms with Crippen LogP contribution in [0.5, 0.6) is 0 Å². The minimum Gasteiger partial charge on any atom is -0.396 e. The molecule has 3 heteroatoms. The average Bonchev–Trinajstić information content (AvgIpc) is 2.50. The van der Waals surface area contributed by atoms with E-state index in [2.05, 4.69) is 30.8 Å². The zero-order chi connectivity index (χ0) is 10.6. The third-order valence-electron chi connectivity index (χ3n) is 2.99. The second-order valence-corrected chi connectivity index (χ2v) is 4.93. The van der Waals surface area contributed by atoms with E-state index in [1.165, 1.54) is 26.1 Å². The van der Waals surface area contributed by atoms with Crippen LogP contribution in [0.25, 0.3) is 0 Å². The Kier molecular flexibility index (Phi) is 4.85. The molecule has 1 fully saturated rings. The first-order chi connectivity index (χ1) is 6.61. The van der Waals surface area contributed by atoms with Gasteiger partial charge in [0.2, 0.25) is 0 Å². The monoisotopic (exact) mass is 200 g/mol. The van der Waals surface area contributed by atoms with Crippen LogP contribution < -0.4 is 0 Å². The molecule has 1 heterocycles. The van der Waals surface area contributed by atoms with Gasteiger partial charge in [-0.05, 0) is 38.9 Å².